The lowest BCUT2D eigenvalue weighted by Gasteiger charge is -2.06. The van der Waals surface area contributed by atoms with Crippen LogP contribution in [-0.4, -0.2) is 5.11 Å². The van der Waals surface area contributed by atoms with Crippen LogP contribution in [-0.2, 0) is 0 Å². The van der Waals surface area contributed by atoms with Crippen molar-refractivity contribution in [3.8, 4) is 0 Å². The zero-order valence-corrected chi connectivity index (χ0v) is 7.30. The van der Waals surface area contributed by atoms with E-state index in [1.807, 2.05) is 0 Å². The first-order chi connectivity index (χ1) is 5.07. The molecule has 11 heavy (non-hydrogen) atoms. The molecular weight excluding hydrogens is 136 g/mol. The highest BCUT2D eigenvalue weighted by Crippen LogP contribution is 2.13. The molecule has 0 aliphatic carbocycles. The molecule has 0 aromatic heterocycles. The van der Waals surface area contributed by atoms with Gasteiger partial charge in [0.15, 0.2) is 0 Å². The molecule has 1 N–H and O–H groups in total. The third-order valence-electron chi connectivity index (χ3n) is 1.74. The molecule has 0 saturated carbocycles. The average molecular weight is 152 g/mol. The predicted octanol–water partition coefficient (Wildman–Crippen LogP) is 3.22. The number of aliphatic hydroxyl groups excluding tert-OH is 1. The molecule has 0 radical (unpaired) electrons. The van der Waals surface area contributed by atoms with E-state index in [1.54, 1.807) is 12.2 Å². The molecule has 0 spiro atoms. The lowest BCUT2D eigenvalue weighted by Crippen LogP contribution is -1.92. The van der Waals surface area contributed by atoms with Crippen LogP contribution >= 0.6 is 0 Å². The van der Waals surface area contributed by atoms with Crippen LogP contribution in [0.1, 0.15) is 20.3 Å². The molecule has 1 nitrogen and oxygen atoms in total. The summed E-state index contributed by atoms with van der Waals surface area (Å²) in [4.78, 5) is 0. The molecule has 0 unspecified atom stereocenters. The van der Waals surface area contributed by atoms with Crippen molar-refractivity contribution in [2.45, 2.75) is 20.3 Å². The van der Waals surface area contributed by atoms with Gasteiger partial charge < -0.3 is 5.11 Å². The van der Waals surface area contributed by atoms with Crippen LogP contribution in [0.5, 0.6) is 0 Å². The monoisotopic (exact) mass is 152 g/mol. The third kappa shape index (κ3) is 4.43. The van der Waals surface area contributed by atoms with Crippen molar-refractivity contribution in [3.63, 3.8) is 0 Å². The van der Waals surface area contributed by atoms with Gasteiger partial charge in [-0.2, -0.15) is 0 Å². The minimum Gasteiger partial charge on any atom is -0.509 e. The molecule has 1 heteroatoms. The largest absolute Gasteiger partial charge is 0.509 e. The smallest absolute Gasteiger partial charge is 0.108 e. The van der Waals surface area contributed by atoms with Crippen molar-refractivity contribution >= 4 is 0 Å². The first-order valence-electron chi connectivity index (χ1n) is 3.82. The van der Waals surface area contributed by atoms with Gasteiger partial charge in [0.05, 0.1) is 0 Å². The SMILES string of the molecule is C=C(O)/C=C\C(=C)[C@H](C)CC. The molecule has 0 aromatic carbocycles. The van der Waals surface area contributed by atoms with Gasteiger partial charge in [-0.05, 0) is 18.4 Å². The summed E-state index contributed by atoms with van der Waals surface area (Å²) in [5.74, 6) is 0.556. The Bertz CT molecular complexity index is 177. The van der Waals surface area contributed by atoms with Crippen molar-refractivity contribution in [2.24, 2.45) is 5.92 Å². The van der Waals surface area contributed by atoms with Crippen molar-refractivity contribution in [3.05, 3.63) is 36.6 Å². The highest BCUT2D eigenvalue weighted by molar-refractivity contribution is 5.22. The summed E-state index contributed by atoms with van der Waals surface area (Å²) in [5, 5.41) is 8.73. The Labute approximate surface area is 68.7 Å². The highest BCUT2D eigenvalue weighted by atomic mass is 16.3. The minimum atomic E-state index is 0.0782. The van der Waals surface area contributed by atoms with E-state index < -0.39 is 0 Å². The summed E-state index contributed by atoms with van der Waals surface area (Å²) in [5.41, 5.74) is 1.03. The lowest BCUT2D eigenvalue weighted by atomic mass is 10.00. The molecule has 0 aliphatic heterocycles. The molecule has 0 heterocycles. The summed E-state index contributed by atoms with van der Waals surface area (Å²) in [6.45, 7) is 11.4. The first kappa shape index (κ1) is 10.0. The van der Waals surface area contributed by atoms with Crippen LogP contribution < -0.4 is 0 Å². The second kappa shape index (κ2) is 4.78. The zero-order valence-electron chi connectivity index (χ0n) is 7.30. The van der Waals surface area contributed by atoms with Crippen LogP contribution in [0.2, 0.25) is 0 Å². The Hall–Kier alpha value is -0.980. The summed E-state index contributed by atoms with van der Waals surface area (Å²) >= 11 is 0. The van der Waals surface area contributed by atoms with Gasteiger partial charge in [0.1, 0.15) is 5.76 Å². The highest BCUT2D eigenvalue weighted by Gasteiger charge is 1.98. The molecule has 0 bridgehead atoms. The molecule has 0 saturated heterocycles. The van der Waals surface area contributed by atoms with Crippen LogP contribution in [0.15, 0.2) is 36.6 Å². The van der Waals surface area contributed by atoms with Crippen LogP contribution in [0.25, 0.3) is 0 Å². The number of hydrogen-bond acceptors (Lipinski definition) is 1. The standard InChI is InChI=1S/C10H16O/c1-5-8(2)9(3)6-7-10(4)11/h6-8,11H,3-5H2,1-2H3/b7-6-/t8-/m1/s1. The second-order valence-corrected chi connectivity index (χ2v) is 2.71. The van der Waals surface area contributed by atoms with Gasteiger partial charge in [-0.1, -0.05) is 38.7 Å². The third-order valence-corrected chi connectivity index (χ3v) is 1.74. The second-order valence-electron chi connectivity index (χ2n) is 2.71. The molecule has 0 fully saturated rings. The molecule has 1 atom stereocenters. The minimum absolute atomic E-state index is 0.0782. The fraction of sp³-hybridized carbons (Fsp3) is 0.400. The van der Waals surface area contributed by atoms with E-state index in [9.17, 15) is 0 Å². The maximum Gasteiger partial charge on any atom is 0.108 e. The Balaban J connectivity index is 3.96. The van der Waals surface area contributed by atoms with Crippen molar-refractivity contribution in [1.82, 2.24) is 0 Å². The molecule has 0 aliphatic rings. The Kier molecular flexibility index (Phi) is 4.35. The van der Waals surface area contributed by atoms with Crippen LogP contribution in [0, 0.1) is 5.92 Å². The summed E-state index contributed by atoms with van der Waals surface area (Å²) in [6.07, 6.45) is 4.44. The van der Waals surface area contributed by atoms with E-state index >= 15 is 0 Å². The Morgan fingerprint density at radius 1 is 1.45 bits per heavy atom. The lowest BCUT2D eigenvalue weighted by molar-refractivity contribution is 0.435. The fourth-order valence-electron chi connectivity index (χ4n) is 0.630. The average Bonchev–Trinajstić information content (AvgIpc) is 1.98. The van der Waals surface area contributed by atoms with Crippen molar-refractivity contribution < 1.29 is 5.11 Å². The maximum absolute atomic E-state index is 8.73. The van der Waals surface area contributed by atoms with Crippen molar-refractivity contribution in [2.75, 3.05) is 0 Å². The summed E-state index contributed by atoms with van der Waals surface area (Å²) in [7, 11) is 0. The van der Waals surface area contributed by atoms with E-state index in [2.05, 4.69) is 27.0 Å². The van der Waals surface area contributed by atoms with Crippen LogP contribution in [0.4, 0.5) is 0 Å². The number of allylic oxidation sites excluding steroid dienone is 3. The summed E-state index contributed by atoms with van der Waals surface area (Å²) in [6, 6.07) is 0. The van der Waals surface area contributed by atoms with Gasteiger partial charge >= 0.3 is 0 Å². The quantitative estimate of drug-likeness (QED) is 0.484. The molecule has 62 valence electrons. The van der Waals surface area contributed by atoms with Gasteiger partial charge in [0, 0.05) is 0 Å². The maximum atomic E-state index is 8.73. The fourth-order valence-corrected chi connectivity index (χ4v) is 0.630. The van der Waals surface area contributed by atoms with Gasteiger partial charge in [-0.25, -0.2) is 0 Å². The van der Waals surface area contributed by atoms with Gasteiger partial charge in [-0.15, -0.1) is 0 Å². The van der Waals surface area contributed by atoms with Crippen LogP contribution in [0.3, 0.4) is 0 Å². The van der Waals surface area contributed by atoms with Gasteiger partial charge in [0.2, 0.25) is 0 Å². The zero-order chi connectivity index (χ0) is 8.85. The van der Waals surface area contributed by atoms with E-state index in [4.69, 9.17) is 5.11 Å². The number of hydrogen-bond donors (Lipinski definition) is 1. The topological polar surface area (TPSA) is 20.2 Å². The normalized spacial score (nSPS) is 13.3. The van der Waals surface area contributed by atoms with E-state index in [0.29, 0.717) is 5.92 Å². The molecular formula is C10H16O. The first-order valence-corrected chi connectivity index (χ1v) is 3.82. The van der Waals surface area contributed by atoms with Gasteiger partial charge in [-0.3, -0.25) is 0 Å². The van der Waals surface area contributed by atoms with Crippen molar-refractivity contribution in [1.29, 1.82) is 0 Å². The van der Waals surface area contributed by atoms with E-state index in [1.165, 1.54) is 0 Å². The number of aliphatic hydroxyl groups is 1. The Morgan fingerprint density at radius 3 is 2.36 bits per heavy atom. The summed E-state index contributed by atoms with van der Waals surface area (Å²) < 4.78 is 0. The molecule has 0 amide bonds. The molecule has 0 rings (SSSR count). The predicted molar refractivity (Wildman–Crippen MR) is 49.5 cm³/mol. The number of rotatable bonds is 4. The van der Waals surface area contributed by atoms with E-state index in [0.717, 1.165) is 12.0 Å². The van der Waals surface area contributed by atoms with E-state index in [-0.39, 0.29) is 5.76 Å². The molecule has 0 aromatic rings. The Morgan fingerprint density at radius 2 is 2.00 bits per heavy atom. The van der Waals surface area contributed by atoms with Gasteiger partial charge in [0.25, 0.3) is 0 Å².